The average Bonchev–Trinajstić information content (AvgIpc) is 2.59. The van der Waals surface area contributed by atoms with Crippen molar-refractivity contribution in [3.8, 4) is 0 Å². The van der Waals surface area contributed by atoms with Crippen LogP contribution in [0.3, 0.4) is 0 Å². The number of imidazole rings is 1. The lowest BCUT2D eigenvalue weighted by Crippen LogP contribution is -2.05. The summed E-state index contributed by atoms with van der Waals surface area (Å²) in [5, 5.41) is 9.18. The van der Waals surface area contributed by atoms with E-state index in [1.807, 2.05) is 6.92 Å². The van der Waals surface area contributed by atoms with Crippen LogP contribution in [0.4, 0.5) is 0 Å². The van der Waals surface area contributed by atoms with Crippen molar-refractivity contribution in [3.05, 3.63) is 29.3 Å². The molecule has 1 atom stereocenters. The SMILES string of the molecule is CC(CC(=O)O)c1ccn2c(Cl)cnc2n1. The fourth-order valence-corrected chi connectivity index (χ4v) is 1.68. The maximum atomic E-state index is 10.6. The molecule has 0 aliphatic carbocycles. The molecule has 0 aliphatic rings. The number of fused-ring (bicyclic) bond motifs is 1. The monoisotopic (exact) mass is 239 g/mol. The van der Waals surface area contributed by atoms with Gasteiger partial charge in [0.05, 0.1) is 12.6 Å². The third-order valence-corrected chi connectivity index (χ3v) is 2.62. The van der Waals surface area contributed by atoms with E-state index in [9.17, 15) is 4.79 Å². The summed E-state index contributed by atoms with van der Waals surface area (Å²) < 4.78 is 1.64. The first-order valence-corrected chi connectivity index (χ1v) is 5.17. The molecule has 2 heterocycles. The van der Waals surface area contributed by atoms with Crippen LogP contribution in [-0.2, 0) is 4.79 Å². The average molecular weight is 240 g/mol. The van der Waals surface area contributed by atoms with Gasteiger partial charge in [-0.25, -0.2) is 9.97 Å². The molecule has 0 bridgehead atoms. The molecule has 2 aromatic rings. The fraction of sp³-hybridized carbons (Fsp3) is 0.300. The number of hydrogen-bond acceptors (Lipinski definition) is 3. The molecule has 84 valence electrons. The minimum atomic E-state index is -0.837. The number of carboxylic acids is 1. The number of rotatable bonds is 3. The van der Waals surface area contributed by atoms with Crippen LogP contribution in [0, 0.1) is 0 Å². The normalized spacial score (nSPS) is 12.9. The Morgan fingerprint density at radius 3 is 3.12 bits per heavy atom. The molecule has 1 N–H and O–H groups in total. The Hall–Kier alpha value is -1.62. The van der Waals surface area contributed by atoms with Gasteiger partial charge in [0, 0.05) is 17.8 Å². The van der Waals surface area contributed by atoms with Crippen LogP contribution in [0.5, 0.6) is 0 Å². The van der Waals surface area contributed by atoms with E-state index in [1.165, 1.54) is 6.20 Å². The topological polar surface area (TPSA) is 67.5 Å². The van der Waals surface area contributed by atoms with Crippen molar-refractivity contribution in [1.29, 1.82) is 0 Å². The number of carbonyl (C=O) groups is 1. The summed E-state index contributed by atoms with van der Waals surface area (Å²) >= 11 is 5.86. The number of nitrogens with zero attached hydrogens (tertiary/aromatic N) is 3. The summed E-state index contributed by atoms with van der Waals surface area (Å²) in [6, 6.07) is 1.76. The van der Waals surface area contributed by atoms with Crippen LogP contribution in [-0.4, -0.2) is 25.4 Å². The first kappa shape index (κ1) is 10.9. The van der Waals surface area contributed by atoms with Gasteiger partial charge in [-0.05, 0) is 6.07 Å². The lowest BCUT2D eigenvalue weighted by molar-refractivity contribution is -0.137. The second kappa shape index (κ2) is 4.09. The van der Waals surface area contributed by atoms with Crippen LogP contribution in [0.25, 0.3) is 5.78 Å². The molecule has 2 rings (SSSR count). The summed E-state index contributed by atoms with van der Waals surface area (Å²) in [6.07, 6.45) is 3.30. The van der Waals surface area contributed by atoms with E-state index < -0.39 is 5.97 Å². The van der Waals surface area contributed by atoms with Gasteiger partial charge in [0.25, 0.3) is 0 Å². The number of halogens is 1. The Balaban J connectivity index is 2.35. The molecule has 5 nitrogen and oxygen atoms in total. The largest absolute Gasteiger partial charge is 0.481 e. The molecule has 1 unspecified atom stereocenters. The molecule has 0 saturated heterocycles. The predicted molar refractivity (Wildman–Crippen MR) is 58.7 cm³/mol. The van der Waals surface area contributed by atoms with Gasteiger partial charge in [0.15, 0.2) is 0 Å². The third-order valence-electron chi connectivity index (χ3n) is 2.34. The zero-order valence-electron chi connectivity index (χ0n) is 8.59. The molecule has 16 heavy (non-hydrogen) atoms. The molecule has 0 fully saturated rings. The number of aromatic nitrogens is 3. The van der Waals surface area contributed by atoms with Gasteiger partial charge in [-0.15, -0.1) is 0 Å². The Morgan fingerprint density at radius 2 is 2.44 bits per heavy atom. The molecule has 0 aliphatic heterocycles. The van der Waals surface area contributed by atoms with Gasteiger partial charge in [0.1, 0.15) is 5.15 Å². The molecular formula is C10H10ClN3O2. The lowest BCUT2D eigenvalue weighted by atomic mass is 10.0. The van der Waals surface area contributed by atoms with Crippen molar-refractivity contribution in [3.63, 3.8) is 0 Å². The fourth-order valence-electron chi connectivity index (χ4n) is 1.50. The van der Waals surface area contributed by atoms with Crippen LogP contribution < -0.4 is 0 Å². The van der Waals surface area contributed by atoms with Crippen LogP contribution in [0.1, 0.15) is 25.0 Å². The van der Waals surface area contributed by atoms with Gasteiger partial charge >= 0.3 is 5.97 Å². The summed E-state index contributed by atoms with van der Waals surface area (Å²) in [7, 11) is 0. The maximum Gasteiger partial charge on any atom is 0.304 e. The lowest BCUT2D eigenvalue weighted by Gasteiger charge is -2.07. The molecule has 6 heteroatoms. The van der Waals surface area contributed by atoms with Gasteiger partial charge in [0.2, 0.25) is 5.78 Å². The van der Waals surface area contributed by atoms with E-state index in [4.69, 9.17) is 16.7 Å². The Bertz CT molecular complexity index is 538. The van der Waals surface area contributed by atoms with Gasteiger partial charge in [-0.1, -0.05) is 18.5 Å². The second-order valence-electron chi connectivity index (χ2n) is 3.60. The highest BCUT2D eigenvalue weighted by Gasteiger charge is 2.13. The van der Waals surface area contributed by atoms with Crippen LogP contribution in [0.2, 0.25) is 5.15 Å². The summed E-state index contributed by atoms with van der Waals surface area (Å²) in [5.41, 5.74) is 0.706. The Morgan fingerprint density at radius 1 is 1.69 bits per heavy atom. The standard InChI is InChI=1S/C10H10ClN3O2/c1-6(4-9(15)16)7-2-3-14-8(11)5-12-10(14)13-7/h2-3,5-6H,4H2,1H3,(H,15,16). The maximum absolute atomic E-state index is 10.6. The predicted octanol–water partition coefficient (Wildman–Crippen LogP) is 1.96. The van der Waals surface area contributed by atoms with E-state index in [1.54, 1.807) is 16.7 Å². The number of aliphatic carboxylic acids is 1. The smallest absolute Gasteiger partial charge is 0.304 e. The molecule has 0 saturated carbocycles. The Labute approximate surface area is 96.7 Å². The quantitative estimate of drug-likeness (QED) is 0.889. The minimum Gasteiger partial charge on any atom is -0.481 e. The van der Waals surface area contributed by atoms with Gasteiger partial charge in [-0.2, -0.15) is 0 Å². The van der Waals surface area contributed by atoms with Gasteiger partial charge in [-0.3, -0.25) is 9.20 Å². The summed E-state index contributed by atoms with van der Waals surface area (Å²) in [6.45, 7) is 1.82. The summed E-state index contributed by atoms with van der Waals surface area (Å²) in [4.78, 5) is 18.8. The zero-order chi connectivity index (χ0) is 11.7. The molecule has 2 aromatic heterocycles. The molecule has 0 aromatic carbocycles. The van der Waals surface area contributed by atoms with Crippen LogP contribution in [0.15, 0.2) is 18.5 Å². The van der Waals surface area contributed by atoms with Crippen molar-refractivity contribution in [1.82, 2.24) is 14.4 Å². The first-order chi connectivity index (χ1) is 7.58. The van der Waals surface area contributed by atoms with Crippen molar-refractivity contribution in [2.24, 2.45) is 0 Å². The molecule has 0 amide bonds. The number of hydrogen-bond donors (Lipinski definition) is 1. The van der Waals surface area contributed by atoms with Crippen molar-refractivity contribution in [2.45, 2.75) is 19.3 Å². The van der Waals surface area contributed by atoms with Crippen molar-refractivity contribution >= 4 is 23.3 Å². The Kier molecular flexibility index (Phi) is 2.78. The highest BCUT2D eigenvalue weighted by molar-refractivity contribution is 6.29. The minimum absolute atomic E-state index is 0.0532. The second-order valence-corrected chi connectivity index (χ2v) is 3.99. The van der Waals surface area contributed by atoms with E-state index >= 15 is 0 Å². The molecular weight excluding hydrogens is 230 g/mol. The van der Waals surface area contributed by atoms with Gasteiger partial charge < -0.3 is 5.11 Å². The number of carboxylic acid groups (broad SMARTS) is 1. The zero-order valence-corrected chi connectivity index (χ0v) is 9.35. The molecule has 0 spiro atoms. The van der Waals surface area contributed by atoms with E-state index in [2.05, 4.69) is 9.97 Å². The van der Waals surface area contributed by atoms with E-state index in [0.29, 0.717) is 16.6 Å². The highest BCUT2D eigenvalue weighted by atomic mass is 35.5. The van der Waals surface area contributed by atoms with Crippen molar-refractivity contribution in [2.75, 3.05) is 0 Å². The third kappa shape index (κ3) is 1.99. The van der Waals surface area contributed by atoms with E-state index in [-0.39, 0.29) is 12.3 Å². The van der Waals surface area contributed by atoms with Crippen LogP contribution >= 0.6 is 11.6 Å². The highest BCUT2D eigenvalue weighted by Crippen LogP contribution is 2.18. The summed E-state index contributed by atoms with van der Waals surface area (Å²) in [5.74, 6) is -0.492. The van der Waals surface area contributed by atoms with Crippen molar-refractivity contribution < 1.29 is 9.90 Å². The molecule has 0 radical (unpaired) electrons. The first-order valence-electron chi connectivity index (χ1n) is 4.79. The van der Waals surface area contributed by atoms with E-state index in [0.717, 1.165) is 0 Å².